The summed E-state index contributed by atoms with van der Waals surface area (Å²) in [6.45, 7) is 5.25. The summed E-state index contributed by atoms with van der Waals surface area (Å²) in [5, 5.41) is 3.39. The highest BCUT2D eigenvalue weighted by Crippen LogP contribution is 2.25. The molecule has 0 unspecified atom stereocenters. The van der Waals surface area contributed by atoms with Gasteiger partial charge >= 0.3 is 5.97 Å². The van der Waals surface area contributed by atoms with E-state index in [1.807, 2.05) is 26.0 Å². The van der Waals surface area contributed by atoms with Gasteiger partial charge in [0.2, 0.25) is 0 Å². The van der Waals surface area contributed by atoms with Crippen molar-refractivity contribution >= 4 is 40.8 Å². The van der Waals surface area contributed by atoms with Crippen LogP contribution in [-0.4, -0.2) is 18.0 Å². The first-order chi connectivity index (χ1) is 11.3. The normalized spacial score (nSPS) is 11.7. The summed E-state index contributed by atoms with van der Waals surface area (Å²) < 4.78 is 5.23. The molecule has 0 radical (unpaired) electrons. The van der Waals surface area contributed by atoms with Crippen LogP contribution in [0.5, 0.6) is 0 Å². The molecule has 0 saturated carbocycles. The van der Waals surface area contributed by atoms with Crippen LogP contribution in [0.25, 0.3) is 0 Å². The zero-order valence-corrected chi connectivity index (χ0v) is 15.0. The summed E-state index contributed by atoms with van der Waals surface area (Å²) in [5.41, 5.74) is 2.64. The Morgan fingerprint density at radius 2 is 1.79 bits per heavy atom. The number of carbonyl (C=O) groups is 2. The Hall–Kier alpha value is -2.04. The lowest BCUT2D eigenvalue weighted by molar-refractivity contribution is -0.123. The maximum atomic E-state index is 12.2. The van der Waals surface area contributed by atoms with Gasteiger partial charge in [-0.15, -0.1) is 0 Å². The highest BCUT2D eigenvalue weighted by Gasteiger charge is 2.21. The van der Waals surface area contributed by atoms with Gasteiger partial charge in [0.25, 0.3) is 5.91 Å². The van der Waals surface area contributed by atoms with Crippen LogP contribution < -0.4 is 5.32 Å². The predicted molar refractivity (Wildman–Crippen MR) is 95.9 cm³/mol. The van der Waals surface area contributed by atoms with Crippen LogP contribution in [-0.2, 0) is 9.53 Å². The first kappa shape index (κ1) is 18.3. The third kappa shape index (κ3) is 4.49. The van der Waals surface area contributed by atoms with Gasteiger partial charge in [0.05, 0.1) is 16.3 Å². The third-order valence-electron chi connectivity index (χ3n) is 3.44. The van der Waals surface area contributed by atoms with Gasteiger partial charge in [-0.2, -0.15) is 0 Å². The van der Waals surface area contributed by atoms with Crippen molar-refractivity contribution in [2.75, 3.05) is 5.32 Å². The molecule has 2 rings (SSSR count). The van der Waals surface area contributed by atoms with Gasteiger partial charge in [-0.3, -0.25) is 4.79 Å². The lowest BCUT2D eigenvalue weighted by Crippen LogP contribution is -2.30. The predicted octanol–water partition coefficient (Wildman–Crippen LogP) is 4.79. The van der Waals surface area contributed by atoms with E-state index in [1.165, 1.54) is 13.0 Å². The molecule has 126 valence electrons. The molecule has 0 aromatic heterocycles. The molecule has 1 atom stereocenters. The van der Waals surface area contributed by atoms with Crippen molar-refractivity contribution in [1.82, 2.24) is 0 Å². The molecule has 6 heteroatoms. The van der Waals surface area contributed by atoms with Crippen molar-refractivity contribution in [3.63, 3.8) is 0 Å². The summed E-state index contributed by atoms with van der Waals surface area (Å²) >= 11 is 11.9. The molecule has 0 aliphatic heterocycles. The second-order valence-electron chi connectivity index (χ2n) is 5.48. The number of hydrogen-bond donors (Lipinski definition) is 1. The Kier molecular flexibility index (Phi) is 5.86. The van der Waals surface area contributed by atoms with E-state index in [0.717, 1.165) is 11.1 Å². The molecule has 2 aromatic carbocycles. The lowest BCUT2D eigenvalue weighted by atomic mass is 10.1. The molecule has 0 saturated heterocycles. The average Bonchev–Trinajstić information content (AvgIpc) is 2.50. The van der Waals surface area contributed by atoms with Crippen LogP contribution >= 0.6 is 23.2 Å². The van der Waals surface area contributed by atoms with Gasteiger partial charge in [0.15, 0.2) is 6.10 Å². The van der Waals surface area contributed by atoms with Gasteiger partial charge in [-0.05, 0) is 50.6 Å². The Morgan fingerprint density at radius 3 is 2.46 bits per heavy atom. The van der Waals surface area contributed by atoms with Crippen molar-refractivity contribution in [3.8, 4) is 0 Å². The number of ether oxygens (including phenoxy) is 1. The van der Waals surface area contributed by atoms with E-state index in [9.17, 15) is 9.59 Å². The van der Waals surface area contributed by atoms with E-state index in [1.54, 1.807) is 18.2 Å². The lowest BCUT2D eigenvalue weighted by Gasteiger charge is -2.15. The number of benzene rings is 2. The zero-order chi connectivity index (χ0) is 17.9. The molecular formula is C18H17Cl2NO3. The van der Waals surface area contributed by atoms with Gasteiger partial charge in [-0.25, -0.2) is 4.79 Å². The summed E-state index contributed by atoms with van der Waals surface area (Å²) in [5.74, 6) is -1.04. The van der Waals surface area contributed by atoms with Gasteiger partial charge in [0, 0.05) is 5.02 Å². The fraction of sp³-hybridized carbons (Fsp3) is 0.222. The van der Waals surface area contributed by atoms with Crippen LogP contribution in [0.15, 0.2) is 36.4 Å². The molecule has 0 spiro atoms. The number of esters is 1. The van der Waals surface area contributed by atoms with E-state index < -0.39 is 18.0 Å². The summed E-state index contributed by atoms with van der Waals surface area (Å²) in [7, 11) is 0. The SMILES string of the molecule is Cc1ccc(C(=O)O[C@H](C)C(=O)Nc2cc(Cl)ccc2Cl)c(C)c1. The smallest absolute Gasteiger partial charge is 0.339 e. The van der Waals surface area contributed by atoms with E-state index in [2.05, 4.69) is 5.32 Å². The van der Waals surface area contributed by atoms with E-state index in [0.29, 0.717) is 21.3 Å². The second kappa shape index (κ2) is 7.69. The summed E-state index contributed by atoms with van der Waals surface area (Å²) in [6.07, 6.45) is -0.978. The second-order valence-corrected chi connectivity index (χ2v) is 6.32. The van der Waals surface area contributed by atoms with Crippen LogP contribution in [0.3, 0.4) is 0 Å². The molecule has 2 aromatic rings. The molecule has 1 N–H and O–H groups in total. The highest BCUT2D eigenvalue weighted by atomic mass is 35.5. The Morgan fingerprint density at radius 1 is 1.08 bits per heavy atom. The molecule has 0 fully saturated rings. The number of halogens is 2. The molecule has 4 nitrogen and oxygen atoms in total. The molecule has 0 aliphatic carbocycles. The number of anilines is 1. The molecule has 1 amide bonds. The number of nitrogens with one attached hydrogen (secondary N) is 1. The Bertz CT molecular complexity index is 790. The maximum absolute atomic E-state index is 12.2. The van der Waals surface area contributed by atoms with Gasteiger partial charge in [0.1, 0.15) is 0 Å². The minimum absolute atomic E-state index is 0.348. The van der Waals surface area contributed by atoms with Crippen molar-refractivity contribution in [1.29, 1.82) is 0 Å². The molecule has 0 heterocycles. The summed E-state index contributed by atoms with van der Waals surface area (Å²) in [4.78, 5) is 24.4. The van der Waals surface area contributed by atoms with Gasteiger partial charge in [-0.1, -0.05) is 40.9 Å². The van der Waals surface area contributed by atoms with Crippen LogP contribution in [0.2, 0.25) is 10.0 Å². The monoisotopic (exact) mass is 365 g/mol. The van der Waals surface area contributed by atoms with Crippen LogP contribution in [0.1, 0.15) is 28.4 Å². The first-order valence-corrected chi connectivity index (χ1v) is 8.07. The van der Waals surface area contributed by atoms with Crippen molar-refractivity contribution < 1.29 is 14.3 Å². The van der Waals surface area contributed by atoms with Crippen molar-refractivity contribution in [2.24, 2.45) is 0 Å². The van der Waals surface area contributed by atoms with Crippen molar-refractivity contribution in [3.05, 3.63) is 63.1 Å². The quantitative estimate of drug-likeness (QED) is 0.792. The van der Waals surface area contributed by atoms with E-state index in [4.69, 9.17) is 27.9 Å². The van der Waals surface area contributed by atoms with Crippen LogP contribution in [0, 0.1) is 13.8 Å². The largest absolute Gasteiger partial charge is 0.449 e. The number of aryl methyl sites for hydroxylation is 2. The fourth-order valence-corrected chi connectivity index (χ4v) is 2.48. The Labute approximate surface area is 150 Å². The van der Waals surface area contributed by atoms with E-state index in [-0.39, 0.29) is 0 Å². The molecule has 24 heavy (non-hydrogen) atoms. The maximum Gasteiger partial charge on any atom is 0.339 e. The molecule has 0 aliphatic rings. The third-order valence-corrected chi connectivity index (χ3v) is 4.01. The van der Waals surface area contributed by atoms with Crippen molar-refractivity contribution in [2.45, 2.75) is 26.9 Å². The van der Waals surface area contributed by atoms with E-state index >= 15 is 0 Å². The van der Waals surface area contributed by atoms with Gasteiger partial charge < -0.3 is 10.1 Å². The minimum atomic E-state index is -0.978. The minimum Gasteiger partial charge on any atom is -0.449 e. The van der Waals surface area contributed by atoms with Crippen LogP contribution in [0.4, 0.5) is 5.69 Å². The topological polar surface area (TPSA) is 55.4 Å². The average molecular weight is 366 g/mol. The zero-order valence-electron chi connectivity index (χ0n) is 13.5. The number of rotatable bonds is 4. The Balaban J connectivity index is 2.05. The first-order valence-electron chi connectivity index (χ1n) is 7.32. The summed E-state index contributed by atoms with van der Waals surface area (Å²) in [6, 6.07) is 10.1. The molecular weight excluding hydrogens is 349 g/mol. The fourth-order valence-electron chi connectivity index (χ4n) is 2.15. The highest BCUT2D eigenvalue weighted by molar-refractivity contribution is 6.35. The standard InChI is InChI=1S/C18H17Cl2NO3/c1-10-4-6-14(11(2)8-10)18(23)24-12(3)17(22)21-16-9-13(19)5-7-15(16)20/h4-9,12H,1-3H3,(H,21,22)/t12-/m1/s1. The number of carbonyl (C=O) groups excluding carboxylic acids is 2. The number of amides is 1. The number of hydrogen-bond acceptors (Lipinski definition) is 3. The molecule has 0 bridgehead atoms.